The Bertz CT molecular complexity index is 3440. The first-order valence-corrected chi connectivity index (χ1v) is 28.4. The summed E-state index contributed by atoms with van der Waals surface area (Å²) < 4.78 is 11.1. The zero-order valence-corrected chi connectivity index (χ0v) is 49.6. The van der Waals surface area contributed by atoms with Crippen LogP contribution in [0.3, 0.4) is 0 Å². The van der Waals surface area contributed by atoms with Gasteiger partial charge in [-0.2, -0.15) is 0 Å². The number of nitrogens with two attached hydrogens (primary N) is 3. The van der Waals surface area contributed by atoms with Gasteiger partial charge in [0.1, 0.15) is 11.5 Å². The number of fused-ring (bicyclic) bond motifs is 4. The van der Waals surface area contributed by atoms with E-state index in [0.29, 0.717) is 40.9 Å². The number of carbonyl (C=O) groups is 2. The normalized spacial score (nSPS) is 16.9. The number of oxime groups is 3. The number of aliphatic hydroxyl groups excluding tert-OH is 1. The van der Waals surface area contributed by atoms with Gasteiger partial charge in [-0.15, -0.1) is 0 Å². The zero-order valence-electron chi connectivity index (χ0n) is 49.6. The molecule has 0 amide bonds. The van der Waals surface area contributed by atoms with Crippen LogP contribution in [0.2, 0.25) is 0 Å². The molecule has 86 heavy (non-hydrogen) atoms. The second-order valence-corrected chi connectivity index (χ2v) is 22.0. The highest BCUT2D eigenvalue weighted by molar-refractivity contribution is 6.02. The molecule has 0 saturated heterocycles. The van der Waals surface area contributed by atoms with Crippen LogP contribution in [0.1, 0.15) is 200 Å². The lowest BCUT2D eigenvalue weighted by Crippen LogP contribution is -2.17. The molecule has 17 nitrogen and oxygen atoms in total. The highest BCUT2D eigenvalue weighted by atomic mass is 16.7. The summed E-state index contributed by atoms with van der Waals surface area (Å²) in [4.78, 5) is 41.6. The highest BCUT2D eigenvalue weighted by Gasteiger charge is 2.26. The number of rotatable bonds is 13. The van der Waals surface area contributed by atoms with Crippen LogP contribution in [0, 0.1) is 18.6 Å². The Balaban J connectivity index is 0.000000218. The molecule has 447 valence electrons. The van der Waals surface area contributed by atoms with Gasteiger partial charge in [-0.3, -0.25) is 0 Å². The fourth-order valence-corrected chi connectivity index (χ4v) is 11.1. The van der Waals surface area contributed by atoms with Crippen molar-refractivity contribution in [2.45, 2.75) is 150 Å². The minimum absolute atomic E-state index is 0. The van der Waals surface area contributed by atoms with Crippen molar-refractivity contribution in [3.8, 4) is 11.5 Å². The predicted molar refractivity (Wildman–Crippen MR) is 341 cm³/mol. The van der Waals surface area contributed by atoms with Crippen LogP contribution in [0.15, 0.2) is 125 Å². The molecule has 6 aromatic carbocycles. The minimum atomic E-state index is -0.676. The third kappa shape index (κ3) is 16.1. The van der Waals surface area contributed by atoms with Crippen molar-refractivity contribution in [3.63, 3.8) is 0 Å². The topological polar surface area (TPSA) is 259 Å². The van der Waals surface area contributed by atoms with Gasteiger partial charge in [-0.25, -0.2) is 19.3 Å². The monoisotopic (exact) mass is 1160 g/mol. The van der Waals surface area contributed by atoms with Gasteiger partial charge >= 0.3 is 11.9 Å². The van der Waals surface area contributed by atoms with Crippen LogP contribution in [-0.4, -0.2) is 72.7 Å². The Morgan fingerprint density at radius 1 is 0.558 bits per heavy atom. The lowest BCUT2D eigenvalue weighted by Gasteiger charge is -2.12. The van der Waals surface area contributed by atoms with E-state index in [0.717, 1.165) is 78.3 Å². The highest BCUT2D eigenvalue weighted by Crippen LogP contribution is 2.38. The van der Waals surface area contributed by atoms with Gasteiger partial charge in [0.2, 0.25) is 11.4 Å². The first-order chi connectivity index (χ1) is 40.3. The van der Waals surface area contributed by atoms with Crippen LogP contribution >= 0.6 is 0 Å². The number of aliphatic hydroxyl groups is 1. The molecule has 0 fully saturated rings. The summed E-state index contributed by atoms with van der Waals surface area (Å²) in [5.74, 6) is 2.25. The lowest BCUT2D eigenvalue weighted by molar-refractivity contribution is 0.0507. The Morgan fingerprint density at radius 2 is 0.872 bits per heavy atom. The molecule has 4 aliphatic rings. The van der Waals surface area contributed by atoms with Crippen LogP contribution in [0.4, 0.5) is 11.4 Å². The van der Waals surface area contributed by atoms with Crippen molar-refractivity contribution < 1.29 is 39.1 Å². The van der Waals surface area contributed by atoms with Crippen LogP contribution in [-0.2, 0) is 35.4 Å². The van der Waals surface area contributed by atoms with Crippen molar-refractivity contribution in [1.29, 1.82) is 5.41 Å². The number of ether oxygens (including phenoxy) is 2. The third-order valence-corrected chi connectivity index (χ3v) is 15.5. The first-order valence-electron chi connectivity index (χ1n) is 28.4. The van der Waals surface area contributed by atoms with E-state index in [1.165, 1.54) is 51.9 Å². The SMILES string of the molecule is C.C[C@H]1CCc2c(/C(N)=N\O)cccc21.C[C@H]1CCc2c(C(=N)CO)cccc21.[B].[C-]#[N+]c1cc(C(=O)O/N=C(\N)c2cccc3c2CC[C@@H]3C)ccc1OC(C)C.[C-]#[N+]c1cc(C(=O)ON=C(N)c2cccc3c2CC[C@@H]3C)ccc1OC(C)C. The van der Waals surface area contributed by atoms with E-state index in [1.807, 2.05) is 76.2 Å². The molecule has 4 aliphatic carbocycles. The van der Waals surface area contributed by atoms with Crippen molar-refractivity contribution in [2.75, 3.05) is 6.61 Å². The molecule has 0 aromatic heterocycles. The second-order valence-electron chi connectivity index (χ2n) is 22.0. The van der Waals surface area contributed by atoms with Crippen molar-refractivity contribution in [3.05, 3.63) is 210 Å². The molecule has 0 heterocycles. The van der Waals surface area contributed by atoms with Gasteiger partial charge in [-0.05, 0) is 184 Å². The maximum atomic E-state index is 12.3. The van der Waals surface area contributed by atoms with Gasteiger partial charge in [0.25, 0.3) is 0 Å². The fourth-order valence-electron chi connectivity index (χ4n) is 11.1. The molecule has 4 atom stereocenters. The summed E-state index contributed by atoms with van der Waals surface area (Å²) in [5.41, 5.74) is 32.6. The molecule has 0 bridgehead atoms. The van der Waals surface area contributed by atoms with Crippen molar-refractivity contribution in [1.82, 2.24) is 0 Å². The molecule has 10 rings (SSSR count). The van der Waals surface area contributed by atoms with Crippen LogP contribution < -0.4 is 26.7 Å². The summed E-state index contributed by atoms with van der Waals surface area (Å²) in [6.07, 6.45) is 8.28. The average molecular weight is 1160 g/mol. The predicted octanol–water partition coefficient (Wildman–Crippen LogP) is 13.3. The summed E-state index contributed by atoms with van der Waals surface area (Å²) in [6.45, 7) is 30.7. The van der Waals surface area contributed by atoms with E-state index in [1.54, 1.807) is 24.3 Å². The molecule has 18 heteroatoms. The maximum absolute atomic E-state index is 12.3. The van der Waals surface area contributed by atoms with Gasteiger partial charge < -0.3 is 52.1 Å². The summed E-state index contributed by atoms with van der Waals surface area (Å²) >= 11 is 0. The van der Waals surface area contributed by atoms with E-state index < -0.39 is 11.9 Å². The van der Waals surface area contributed by atoms with Crippen molar-refractivity contribution >= 4 is 54.9 Å². The largest absolute Gasteiger partial charge is 0.502 e. The van der Waals surface area contributed by atoms with Gasteiger partial charge in [0.15, 0.2) is 17.5 Å². The number of carbonyl (C=O) groups excluding carboxylic acids is 2. The lowest BCUT2D eigenvalue weighted by atomic mass is 9.97. The van der Waals surface area contributed by atoms with E-state index in [9.17, 15) is 9.59 Å². The quantitative estimate of drug-likeness (QED) is 0.0120. The van der Waals surface area contributed by atoms with Crippen LogP contribution in [0.25, 0.3) is 9.69 Å². The summed E-state index contributed by atoms with van der Waals surface area (Å²) in [6, 6.07) is 33.0. The van der Waals surface area contributed by atoms with Crippen molar-refractivity contribution in [2.24, 2.45) is 32.7 Å². The number of nitrogens with zero attached hydrogens (tertiary/aromatic N) is 5. The zero-order chi connectivity index (χ0) is 60.8. The van der Waals surface area contributed by atoms with E-state index in [2.05, 4.69) is 77.1 Å². The Hall–Kier alpha value is -9.26. The van der Waals surface area contributed by atoms with Gasteiger partial charge in [-0.1, -0.05) is 123 Å². The van der Waals surface area contributed by atoms with E-state index >= 15 is 0 Å². The van der Waals surface area contributed by atoms with E-state index in [4.69, 9.17) is 65.2 Å². The fraction of sp³-hybridized carbons (Fsp3) is 0.353. The smallest absolute Gasteiger partial charge is 0.364 e. The average Bonchev–Trinajstić information content (AvgIpc) is 2.60. The number of nitrogens with one attached hydrogen (secondary N) is 1. The molecule has 6 aromatic rings. The molecule has 0 spiro atoms. The summed E-state index contributed by atoms with van der Waals surface area (Å²) in [7, 11) is 0. The summed E-state index contributed by atoms with van der Waals surface area (Å²) in [5, 5.41) is 36.0. The Morgan fingerprint density at radius 3 is 1.17 bits per heavy atom. The third-order valence-electron chi connectivity index (χ3n) is 15.5. The molecule has 0 saturated carbocycles. The molecule has 0 aliphatic heterocycles. The molecule has 0 unspecified atom stereocenters. The number of hydrogen-bond donors (Lipinski definition) is 6. The van der Waals surface area contributed by atoms with Crippen LogP contribution in [0.5, 0.6) is 11.5 Å². The maximum Gasteiger partial charge on any atom is 0.364 e. The molecular formula is C68H79BN9O8. The Labute approximate surface area is 508 Å². The number of amidine groups is 3. The van der Waals surface area contributed by atoms with E-state index in [-0.39, 0.29) is 74.7 Å². The molecule has 9 N–H and O–H groups in total. The minimum Gasteiger partial charge on any atom is -0.502 e. The standard InChI is InChI=1S/2C22H23N3O3.C12H15NO.C11H14N2O.CH4.B/c2*1-13(2)27-20-11-9-15(12-19(20)24-4)22(26)28-25-21(23)18-7-5-6-16-14(3)8-10-17(16)18;1-8-5-6-10-9(8)3-2-4-11(10)12(13)7-14;1-7-5-6-9-8(7)3-2-4-10(9)11(12)13-14;;/h2*5-7,9,11-14H,8,10H2,1-3H3,(H2,23,25);2-4,8,13-14H,5-7H2,1H3;2-4,7,14H,5-6H2,1H3,(H2,12,13);1H4;/t2*14-;8-;7-;;/m0000../s1. The Kier molecular flexibility index (Phi) is 24.4. The molecule has 3 radical (unpaired) electrons. The number of benzene rings is 6. The van der Waals surface area contributed by atoms with Gasteiger partial charge in [0, 0.05) is 30.7 Å². The molecular weight excluding hydrogens is 1080 g/mol. The van der Waals surface area contributed by atoms with Gasteiger partial charge in [0.05, 0.1) is 48.8 Å². The second kappa shape index (κ2) is 31.0. The first kappa shape index (κ1) is 67.5. The number of hydrogen-bond acceptors (Lipinski definition) is 12.